The number of anilines is 2. The molecule has 0 spiro atoms. The number of nitrogens with zero attached hydrogens (tertiary/aromatic N) is 4. The first-order chi connectivity index (χ1) is 8.20. The number of hydrogen-bond donors (Lipinski definition) is 2. The van der Waals surface area contributed by atoms with Crippen molar-refractivity contribution in [1.29, 1.82) is 0 Å². The van der Waals surface area contributed by atoms with E-state index in [9.17, 15) is 0 Å². The zero-order valence-electron chi connectivity index (χ0n) is 9.71. The molecule has 0 fully saturated rings. The minimum Gasteiger partial charge on any atom is -0.384 e. The Balaban J connectivity index is 2.04. The molecule has 0 aromatic carbocycles. The van der Waals surface area contributed by atoms with E-state index in [1.54, 1.807) is 29.0 Å². The second-order valence-electron chi connectivity index (χ2n) is 3.48. The van der Waals surface area contributed by atoms with Crippen molar-refractivity contribution in [2.45, 2.75) is 11.6 Å². The van der Waals surface area contributed by atoms with Crippen LogP contribution in [0.25, 0.3) is 0 Å². The van der Waals surface area contributed by atoms with Gasteiger partial charge >= 0.3 is 0 Å². The molecule has 0 bridgehead atoms. The van der Waals surface area contributed by atoms with E-state index in [0.717, 1.165) is 16.4 Å². The molecule has 2 rings (SSSR count). The Labute approximate surface area is 104 Å². The predicted octanol–water partition coefficient (Wildman–Crippen LogP) is 1.13. The summed E-state index contributed by atoms with van der Waals surface area (Å²) in [6.45, 7) is 0.602. The summed E-state index contributed by atoms with van der Waals surface area (Å²) in [6, 6.07) is 1.90. The van der Waals surface area contributed by atoms with E-state index >= 15 is 0 Å². The number of aromatic nitrogens is 4. The fourth-order valence-electron chi connectivity index (χ4n) is 1.36. The van der Waals surface area contributed by atoms with Crippen LogP contribution in [0, 0.1) is 0 Å². The second-order valence-corrected chi connectivity index (χ2v) is 4.30. The van der Waals surface area contributed by atoms with Crippen LogP contribution in [0.2, 0.25) is 0 Å². The molecule has 0 aliphatic rings. The van der Waals surface area contributed by atoms with Gasteiger partial charge in [-0.05, 0) is 6.26 Å². The van der Waals surface area contributed by atoms with E-state index in [1.807, 2.05) is 19.4 Å². The van der Waals surface area contributed by atoms with Crippen molar-refractivity contribution >= 4 is 23.4 Å². The molecule has 0 aliphatic carbocycles. The van der Waals surface area contributed by atoms with Gasteiger partial charge in [0.1, 0.15) is 23.0 Å². The van der Waals surface area contributed by atoms with Gasteiger partial charge in [-0.15, -0.1) is 11.8 Å². The van der Waals surface area contributed by atoms with E-state index in [-0.39, 0.29) is 0 Å². The smallest absolute Gasteiger partial charge is 0.130 e. The Morgan fingerprint density at radius 3 is 2.94 bits per heavy atom. The van der Waals surface area contributed by atoms with Crippen LogP contribution >= 0.6 is 11.8 Å². The molecule has 0 atom stereocenters. The standard InChI is InChI=1S/C10H14N6S/c1-16-10(11)7(5-15-16)4-12-8-3-9(17-2)14-6-13-8/h3,5-6H,4,11H2,1-2H3,(H,12,13,14). The molecule has 0 saturated heterocycles. The summed E-state index contributed by atoms with van der Waals surface area (Å²) in [5, 5.41) is 8.20. The first kappa shape index (κ1) is 11.7. The summed E-state index contributed by atoms with van der Waals surface area (Å²) in [6.07, 6.45) is 5.27. The lowest BCUT2D eigenvalue weighted by Gasteiger charge is -2.05. The van der Waals surface area contributed by atoms with Crippen LogP contribution in [0.3, 0.4) is 0 Å². The van der Waals surface area contributed by atoms with Gasteiger partial charge in [0.25, 0.3) is 0 Å². The van der Waals surface area contributed by atoms with Crippen molar-refractivity contribution < 1.29 is 0 Å². The molecule has 90 valence electrons. The topological polar surface area (TPSA) is 81.7 Å². The monoisotopic (exact) mass is 250 g/mol. The normalized spacial score (nSPS) is 10.5. The van der Waals surface area contributed by atoms with Crippen molar-refractivity contribution in [1.82, 2.24) is 19.7 Å². The highest BCUT2D eigenvalue weighted by Crippen LogP contribution is 2.15. The average molecular weight is 250 g/mol. The van der Waals surface area contributed by atoms with E-state index in [0.29, 0.717) is 12.4 Å². The van der Waals surface area contributed by atoms with Gasteiger partial charge in [0.15, 0.2) is 0 Å². The molecular weight excluding hydrogens is 236 g/mol. The number of nitrogens with two attached hydrogens (primary N) is 1. The summed E-state index contributed by atoms with van der Waals surface area (Å²) in [4.78, 5) is 8.24. The molecule has 2 heterocycles. The fraction of sp³-hybridized carbons (Fsp3) is 0.300. The quantitative estimate of drug-likeness (QED) is 0.625. The Bertz CT molecular complexity index is 509. The molecule has 2 aromatic heterocycles. The van der Waals surface area contributed by atoms with Crippen molar-refractivity contribution in [2.75, 3.05) is 17.3 Å². The van der Waals surface area contributed by atoms with Crippen LogP contribution in [-0.4, -0.2) is 26.0 Å². The van der Waals surface area contributed by atoms with Gasteiger partial charge in [-0.3, -0.25) is 4.68 Å². The Kier molecular flexibility index (Phi) is 3.48. The first-order valence-electron chi connectivity index (χ1n) is 5.07. The number of nitrogen functional groups attached to an aromatic ring is 1. The van der Waals surface area contributed by atoms with E-state index in [4.69, 9.17) is 5.73 Å². The van der Waals surface area contributed by atoms with Gasteiger partial charge in [-0.25, -0.2) is 9.97 Å². The molecule has 6 nitrogen and oxygen atoms in total. The van der Waals surface area contributed by atoms with Crippen molar-refractivity contribution in [3.63, 3.8) is 0 Å². The van der Waals surface area contributed by atoms with Crippen LogP contribution < -0.4 is 11.1 Å². The maximum absolute atomic E-state index is 5.85. The van der Waals surface area contributed by atoms with Crippen LogP contribution in [0.5, 0.6) is 0 Å². The largest absolute Gasteiger partial charge is 0.384 e. The highest BCUT2D eigenvalue weighted by Gasteiger charge is 2.04. The SMILES string of the molecule is CSc1cc(NCc2cnn(C)c2N)ncn1. The van der Waals surface area contributed by atoms with Crippen molar-refractivity contribution in [2.24, 2.45) is 7.05 Å². The first-order valence-corrected chi connectivity index (χ1v) is 6.29. The van der Waals surface area contributed by atoms with Gasteiger partial charge in [0.05, 0.1) is 6.20 Å². The van der Waals surface area contributed by atoms with Crippen molar-refractivity contribution in [3.8, 4) is 0 Å². The highest BCUT2D eigenvalue weighted by atomic mass is 32.2. The molecule has 3 N–H and O–H groups in total. The van der Waals surface area contributed by atoms with Gasteiger partial charge in [-0.1, -0.05) is 0 Å². The third-order valence-electron chi connectivity index (χ3n) is 2.38. The van der Waals surface area contributed by atoms with Crippen LogP contribution in [0.15, 0.2) is 23.6 Å². The zero-order chi connectivity index (χ0) is 12.3. The fourth-order valence-corrected chi connectivity index (χ4v) is 1.74. The zero-order valence-corrected chi connectivity index (χ0v) is 10.5. The Hall–Kier alpha value is -1.76. The van der Waals surface area contributed by atoms with Gasteiger partial charge in [0.2, 0.25) is 0 Å². The molecule has 0 aliphatic heterocycles. The molecule has 17 heavy (non-hydrogen) atoms. The summed E-state index contributed by atoms with van der Waals surface area (Å²) < 4.78 is 1.64. The minimum absolute atomic E-state index is 0.602. The van der Waals surface area contributed by atoms with Crippen LogP contribution in [0.1, 0.15) is 5.56 Å². The number of hydrogen-bond acceptors (Lipinski definition) is 6. The molecule has 0 radical (unpaired) electrons. The second kappa shape index (κ2) is 5.05. The van der Waals surface area contributed by atoms with Crippen LogP contribution in [-0.2, 0) is 13.6 Å². The van der Waals surface area contributed by atoms with E-state index < -0.39 is 0 Å². The van der Waals surface area contributed by atoms with Crippen molar-refractivity contribution in [3.05, 3.63) is 24.2 Å². The maximum atomic E-state index is 5.85. The molecule has 0 unspecified atom stereocenters. The lowest BCUT2D eigenvalue weighted by atomic mass is 10.3. The molecule has 2 aromatic rings. The predicted molar refractivity (Wildman–Crippen MR) is 68.8 cm³/mol. The number of aryl methyl sites for hydroxylation is 1. The number of thioether (sulfide) groups is 1. The summed E-state index contributed by atoms with van der Waals surface area (Å²) in [7, 11) is 1.81. The molecular formula is C10H14N6S. The Morgan fingerprint density at radius 1 is 1.47 bits per heavy atom. The number of rotatable bonds is 4. The average Bonchev–Trinajstić information content (AvgIpc) is 2.68. The summed E-state index contributed by atoms with van der Waals surface area (Å²) in [5.74, 6) is 1.45. The van der Waals surface area contributed by atoms with E-state index in [2.05, 4.69) is 20.4 Å². The molecule has 7 heteroatoms. The van der Waals surface area contributed by atoms with Gasteiger partial charge in [-0.2, -0.15) is 5.10 Å². The van der Waals surface area contributed by atoms with Crippen LogP contribution in [0.4, 0.5) is 11.6 Å². The summed E-state index contributed by atoms with van der Waals surface area (Å²) in [5.41, 5.74) is 6.80. The van der Waals surface area contributed by atoms with Gasteiger partial charge in [0, 0.05) is 25.2 Å². The highest BCUT2D eigenvalue weighted by molar-refractivity contribution is 7.98. The molecule has 0 amide bonds. The number of nitrogens with one attached hydrogen (secondary N) is 1. The minimum atomic E-state index is 0.602. The third-order valence-corrected chi connectivity index (χ3v) is 3.02. The maximum Gasteiger partial charge on any atom is 0.130 e. The lowest BCUT2D eigenvalue weighted by Crippen LogP contribution is -2.05. The lowest BCUT2D eigenvalue weighted by molar-refractivity contribution is 0.778. The van der Waals surface area contributed by atoms with Gasteiger partial charge < -0.3 is 11.1 Å². The third kappa shape index (κ3) is 2.68. The Morgan fingerprint density at radius 2 is 2.29 bits per heavy atom. The summed E-state index contributed by atoms with van der Waals surface area (Å²) >= 11 is 1.58. The van der Waals surface area contributed by atoms with E-state index in [1.165, 1.54) is 0 Å². The molecule has 0 saturated carbocycles.